The topological polar surface area (TPSA) is 12.0 Å². The van der Waals surface area contributed by atoms with Gasteiger partial charge in [-0.25, -0.2) is 8.78 Å². The minimum Gasteiger partial charge on any atom is -0.313 e. The van der Waals surface area contributed by atoms with Gasteiger partial charge in [0.2, 0.25) is 0 Å². The van der Waals surface area contributed by atoms with E-state index in [0.717, 1.165) is 12.8 Å². The lowest BCUT2D eigenvalue weighted by molar-refractivity contribution is 0.178. The van der Waals surface area contributed by atoms with Crippen molar-refractivity contribution in [2.45, 2.75) is 45.1 Å². The molecular formula is C16H23F2N. The minimum absolute atomic E-state index is 0.0825. The summed E-state index contributed by atoms with van der Waals surface area (Å²) in [5, 5.41) is 3.21. The lowest BCUT2D eigenvalue weighted by Crippen LogP contribution is -2.33. The fourth-order valence-corrected chi connectivity index (χ4v) is 3.54. The Hall–Kier alpha value is -0.960. The first-order chi connectivity index (χ1) is 9.17. The third-order valence-electron chi connectivity index (χ3n) is 4.52. The van der Waals surface area contributed by atoms with Crippen LogP contribution in [0.15, 0.2) is 18.2 Å². The van der Waals surface area contributed by atoms with Crippen molar-refractivity contribution in [1.29, 1.82) is 0 Å². The Balaban J connectivity index is 2.29. The van der Waals surface area contributed by atoms with Gasteiger partial charge in [-0.05, 0) is 43.5 Å². The zero-order valence-corrected chi connectivity index (χ0v) is 11.8. The third kappa shape index (κ3) is 3.14. The number of hydrogen-bond donors (Lipinski definition) is 1. The molecule has 0 aromatic heterocycles. The molecule has 0 saturated heterocycles. The van der Waals surface area contributed by atoms with Crippen LogP contribution in [0.4, 0.5) is 8.78 Å². The van der Waals surface area contributed by atoms with Crippen molar-refractivity contribution in [3.8, 4) is 0 Å². The van der Waals surface area contributed by atoms with Crippen LogP contribution in [-0.2, 0) is 0 Å². The molecule has 3 unspecified atom stereocenters. The summed E-state index contributed by atoms with van der Waals surface area (Å²) in [6.07, 6.45) is 5.86. The Labute approximate surface area is 114 Å². The molecule has 19 heavy (non-hydrogen) atoms. The average molecular weight is 267 g/mol. The average Bonchev–Trinajstić information content (AvgIpc) is 2.44. The van der Waals surface area contributed by atoms with Crippen molar-refractivity contribution in [3.05, 3.63) is 35.4 Å². The molecule has 0 amide bonds. The predicted molar refractivity (Wildman–Crippen MR) is 73.9 cm³/mol. The molecule has 1 fully saturated rings. The standard InChI is InChI=1S/C16H23F2N/c1-3-11-6-4-5-7-13(11)16(19-2)14-10-12(17)8-9-15(14)18/h8-11,13,16,19H,3-7H2,1-2H3. The zero-order valence-electron chi connectivity index (χ0n) is 11.8. The van der Waals surface area contributed by atoms with Crippen molar-refractivity contribution in [2.75, 3.05) is 7.05 Å². The number of nitrogens with one attached hydrogen (secondary N) is 1. The van der Waals surface area contributed by atoms with Crippen LogP contribution in [0, 0.1) is 23.5 Å². The molecule has 3 heteroatoms. The largest absolute Gasteiger partial charge is 0.313 e. The first kappa shape index (κ1) is 14.4. The maximum absolute atomic E-state index is 14.0. The molecular weight excluding hydrogens is 244 g/mol. The van der Waals surface area contributed by atoms with Crippen LogP contribution in [0.1, 0.15) is 50.6 Å². The van der Waals surface area contributed by atoms with E-state index in [4.69, 9.17) is 0 Å². The fourth-order valence-electron chi connectivity index (χ4n) is 3.54. The van der Waals surface area contributed by atoms with Gasteiger partial charge in [0.1, 0.15) is 11.6 Å². The van der Waals surface area contributed by atoms with E-state index in [0.29, 0.717) is 17.4 Å². The second kappa shape index (κ2) is 6.47. The van der Waals surface area contributed by atoms with Gasteiger partial charge in [-0.2, -0.15) is 0 Å². The van der Waals surface area contributed by atoms with Gasteiger partial charge in [0.05, 0.1) is 0 Å². The molecule has 0 heterocycles. The van der Waals surface area contributed by atoms with Gasteiger partial charge in [0.25, 0.3) is 0 Å². The molecule has 106 valence electrons. The fraction of sp³-hybridized carbons (Fsp3) is 0.625. The molecule has 0 aliphatic heterocycles. The summed E-state index contributed by atoms with van der Waals surface area (Å²) in [7, 11) is 1.84. The van der Waals surface area contributed by atoms with E-state index in [1.807, 2.05) is 7.05 Å². The summed E-state index contributed by atoms with van der Waals surface area (Å²) in [5.74, 6) is 0.343. The third-order valence-corrected chi connectivity index (χ3v) is 4.52. The van der Waals surface area contributed by atoms with Crippen molar-refractivity contribution in [1.82, 2.24) is 5.32 Å². The smallest absolute Gasteiger partial charge is 0.128 e. The summed E-state index contributed by atoms with van der Waals surface area (Å²) in [4.78, 5) is 0. The maximum Gasteiger partial charge on any atom is 0.128 e. The molecule has 0 radical (unpaired) electrons. The molecule has 1 nitrogen and oxygen atoms in total. The summed E-state index contributed by atoms with van der Waals surface area (Å²) in [6.45, 7) is 2.19. The highest BCUT2D eigenvalue weighted by molar-refractivity contribution is 5.23. The highest BCUT2D eigenvalue weighted by atomic mass is 19.1. The highest BCUT2D eigenvalue weighted by Crippen LogP contribution is 2.40. The Morgan fingerprint density at radius 2 is 2.00 bits per heavy atom. The van der Waals surface area contributed by atoms with Crippen LogP contribution >= 0.6 is 0 Å². The maximum atomic E-state index is 14.0. The second-order valence-corrected chi connectivity index (χ2v) is 5.55. The summed E-state index contributed by atoms with van der Waals surface area (Å²) in [5.41, 5.74) is 0.479. The van der Waals surface area contributed by atoms with Gasteiger partial charge in [-0.3, -0.25) is 0 Å². The molecule has 3 atom stereocenters. The first-order valence-corrected chi connectivity index (χ1v) is 7.29. The molecule has 1 aliphatic rings. The molecule has 1 saturated carbocycles. The van der Waals surface area contributed by atoms with Crippen molar-refractivity contribution in [3.63, 3.8) is 0 Å². The highest BCUT2D eigenvalue weighted by Gasteiger charge is 2.32. The SMILES string of the molecule is CCC1CCCCC1C(NC)c1cc(F)ccc1F. The molecule has 2 rings (SSSR count). The van der Waals surface area contributed by atoms with Gasteiger partial charge in [-0.1, -0.05) is 32.6 Å². The van der Waals surface area contributed by atoms with Crippen LogP contribution in [-0.4, -0.2) is 7.05 Å². The Morgan fingerprint density at radius 1 is 1.26 bits per heavy atom. The van der Waals surface area contributed by atoms with E-state index in [1.54, 1.807) is 0 Å². The minimum atomic E-state index is -0.361. The van der Waals surface area contributed by atoms with Crippen molar-refractivity contribution in [2.24, 2.45) is 11.8 Å². The van der Waals surface area contributed by atoms with E-state index in [2.05, 4.69) is 12.2 Å². The Morgan fingerprint density at radius 3 is 2.68 bits per heavy atom. The number of halogens is 2. The zero-order chi connectivity index (χ0) is 13.8. The summed E-state index contributed by atoms with van der Waals surface area (Å²) in [6, 6.07) is 3.68. The summed E-state index contributed by atoms with van der Waals surface area (Å²) < 4.78 is 27.4. The van der Waals surface area contributed by atoms with Gasteiger partial charge in [0.15, 0.2) is 0 Å². The van der Waals surface area contributed by atoms with E-state index in [-0.39, 0.29) is 17.7 Å². The predicted octanol–water partition coefficient (Wildman–Crippen LogP) is 4.44. The number of hydrogen-bond acceptors (Lipinski definition) is 1. The quantitative estimate of drug-likeness (QED) is 0.850. The van der Waals surface area contributed by atoms with Crippen LogP contribution in [0.2, 0.25) is 0 Å². The van der Waals surface area contributed by atoms with E-state index in [1.165, 1.54) is 37.5 Å². The second-order valence-electron chi connectivity index (χ2n) is 5.55. The monoisotopic (exact) mass is 267 g/mol. The lowest BCUT2D eigenvalue weighted by Gasteiger charge is -2.37. The summed E-state index contributed by atoms with van der Waals surface area (Å²) >= 11 is 0. The van der Waals surface area contributed by atoms with Gasteiger partial charge in [0, 0.05) is 11.6 Å². The molecule has 0 spiro atoms. The van der Waals surface area contributed by atoms with Gasteiger partial charge >= 0.3 is 0 Å². The number of benzene rings is 1. The molecule has 1 aromatic carbocycles. The first-order valence-electron chi connectivity index (χ1n) is 7.29. The van der Waals surface area contributed by atoms with Crippen LogP contribution < -0.4 is 5.32 Å². The molecule has 1 aromatic rings. The molecule has 1 N–H and O–H groups in total. The Bertz CT molecular complexity index is 419. The van der Waals surface area contributed by atoms with Gasteiger partial charge in [-0.15, -0.1) is 0 Å². The normalized spacial score (nSPS) is 25.3. The van der Waals surface area contributed by atoms with E-state index < -0.39 is 0 Å². The van der Waals surface area contributed by atoms with Gasteiger partial charge < -0.3 is 5.32 Å². The van der Waals surface area contributed by atoms with Crippen LogP contribution in [0.3, 0.4) is 0 Å². The van der Waals surface area contributed by atoms with Crippen LogP contribution in [0.5, 0.6) is 0 Å². The van der Waals surface area contributed by atoms with E-state index in [9.17, 15) is 8.78 Å². The van der Waals surface area contributed by atoms with Crippen LogP contribution in [0.25, 0.3) is 0 Å². The lowest BCUT2D eigenvalue weighted by atomic mass is 9.72. The molecule has 1 aliphatic carbocycles. The molecule has 0 bridgehead atoms. The van der Waals surface area contributed by atoms with Crippen molar-refractivity contribution < 1.29 is 8.78 Å². The van der Waals surface area contributed by atoms with Crippen molar-refractivity contribution >= 4 is 0 Å². The Kier molecular flexibility index (Phi) is 4.92. The van der Waals surface area contributed by atoms with E-state index >= 15 is 0 Å². The number of rotatable bonds is 4.